The number of imide groups is 1. The lowest BCUT2D eigenvalue weighted by molar-refractivity contribution is -0.136. The first-order chi connectivity index (χ1) is 18.3. The number of aromatic nitrogens is 3. The zero-order valence-corrected chi connectivity index (χ0v) is 22.4. The molecule has 5 rings (SSSR count). The lowest BCUT2D eigenvalue weighted by Crippen LogP contribution is -2.43. The van der Waals surface area contributed by atoms with Gasteiger partial charge in [-0.15, -0.1) is 16.4 Å². The molecule has 3 amide bonds. The minimum absolute atomic E-state index is 0.0117. The van der Waals surface area contributed by atoms with Gasteiger partial charge < -0.3 is 10.1 Å². The fourth-order valence-electron chi connectivity index (χ4n) is 4.81. The van der Waals surface area contributed by atoms with Crippen LogP contribution < -0.4 is 10.6 Å². The Bertz CT molecular complexity index is 1310. The van der Waals surface area contributed by atoms with Crippen molar-refractivity contribution in [3.63, 3.8) is 0 Å². The Balaban J connectivity index is 1.12. The molecule has 200 valence electrons. The third kappa shape index (κ3) is 6.17. The minimum Gasteiger partial charge on any atom is -0.378 e. The predicted molar refractivity (Wildman–Crippen MR) is 143 cm³/mol. The number of hydrogen-bond acceptors (Lipinski definition) is 8. The summed E-state index contributed by atoms with van der Waals surface area (Å²) in [6.07, 6.45) is 4.68. The summed E-state index contributed by atoms with van der Waals surface area (Å²) in [4.78, 5) is 39.5. The molecule has 10 nitrogen and oxygen atoms in total. The van der Waals surface area contributed by atoms with Crippen LogP contribution >= 0.6 is 11.3 Å². The van der Waals surface area contributed by atoms with E-state index in [4.69, 9.17) is 4.74 Å². The van der Waals surface area contributed by atoms with Gasteiger partial charge in [-0.1, -0.05) is 17.3 Å². The number of likely N-dealkylation sites (tertiary alicyclic amines) is 1. The Labute approximate surface area is 225 Å². The number of thiophene rings is 1. The summed E-state index contributed by atoms with van der Waals surface area (Å²) < 4.78 is 7.12. The second kappa shape index (κ2) is 11.1. The normalized spacial score (nSPS) is 19.8. The number of nitrogens with zero attached hydrogens (tertiary/aromatic N) is 4. The Morgan fingerprint density at radius 1 is 1.24 bits per heavy atom. The van der Waals surface area contributed by atoms with Crippen molar-refractivity contribution in [3.8, 4) is 11.3 Å². The smallest absolute Gasteiger partial charge is 0.251 e. The molecular formula is C27H32N6O4S. The van der Waals surface area contributed by atoms with Crippen molar-refractivity contribution >= 4 is 34.7 Å². The molecule has 1 atom stereocenters. The van der Waals surface area contributed by atoms with Gasteiger partial charge in [0, 0.05) is 54.7 Å². The summed E-state index contributed by atoms with van der Waals surface area (Å²) in [7, 11) is 1.79. The topological polar surface area (TPSA) is 118 Å². The number of carbonyl (C=O) groups is 3. The predicted octanol–water partition coefficient (Wildman–Crippen LogP) is 3.17. The van der Waals surface area contributed by atoms with Gasteiger partial charge in [0.05, 0.1) is 18.2 Å². The summed E-state index contributed by atoms with van der Waals surface area (Å²) in [6.45, 7) is 5.09. The molecule has 2 aliphatic rings. The lowest BCUT2D eigenvalue weighted by atomic mass is 9.93. The Kier molecular flexibility index (Phi) is 7.68. The molecule has 2 fully saturated rings. The van der Waals surface area contributed by atoms with E-state index in [9.17, 15) is 14.4 Å². The number of anilines is 1. The molecule has 2 N–H and O–H groups in total. The van der Waals surface area contributed by atoms with Crippen LogP contribution in [0.25, 0.3) is 11.3 Å². The van der Waals surface area contributed by atoms with Crippen molar-refractivity contribution in [2.75, 3.05) is 25.5 Å². The maximum Gasteiger partial charge on any atom is 0.251 e. The Morgan fingerprint density at radius 3 is 2.71 bits per heavy atom. The van der Waals surface area contributed by atoms with Crippen LogP contribution in [0.2, 0.25) is 0 Å². The van der Waals surface area contributed by atoms with E-state index in [0.29, 0.717) is 12.1 Å². The molecule has 38 heavy (non-hydrogen) atoms. The zero-order valence-electron chi connectivity index (χ0n) is 21.6. The standard InChI is InChI=1S/C27H32N6O4S/c1-27(37-2)9-11-32(12-10-27)15-18-3-5-20(6-4-18)28-25(35)14-21-13-19(17-38-21)22-16-33(31-30-22)23-7-8-24(34)29-26(23)36/h3-6,13,16-17,23H,7-12,14-15H2,1-2H3,(H,28,35)(H,29,34,36). The van der Waals surface area contributed by atoms with Gasteiger partial charge in [-0.3, -0.25) is 24.6 Å². The molecule has 2 saturated heterocycles. The molecule has 2 aliphatic heterocycles. The van der Waals surface area contributed by atoms with Crippen LogP contribution in [0.3, 0.4) is 0 Å². The van der Waals surface area contributed by atoms with Crippen LogP contribution in [0.4, 0.5) is 5.69 Å². The summed E-state index contributed by atoms with van der Waals surface area (Å²) in [5.41, 5.74) is 3.44. The fourth-order valence-corrected chi connectivity index (χ4v) is 5.68. The molecule has 0 aliphatic carbocycles. The maximum absolute atomic E-state index is 12.7. The number of benzene rings is 1. The summed E-state index contributed by atoms with van der Waals surface area (Å²) in [5.74, 6) is -0.723. The molecule has 0 radical (unpaired) electrons. The zero-order chi connectivity index (χ0) is 26.7. The number of hydrogen-bond donors (Lipinski definition) is 2. The molecule has 1 aromatic carbocycles. The first-order valence-corrected chi connectivity index (χ1v) is 13.7. The number of carbonyl (C=O) groups excluding carboxylic acids is 3. The van der Waals surface area contributed by atoms with Crippen molar-refractivity contribution < 1.29 is 19.1 Å². The van der Waals surface area contributed by atoms with Crippen molar-refractivity contribution in [1.82, 2.24) is 25.2 Å². The van der Waals surface area contributed by atoms with Gasteiger partial charge >= 0.3 is 0 Å². The SMILES string of the molecule is COC1(C)CCN(Cc2ccc(NC(=O)Cc3cc(-c4cn(C5CCC(=O)NC5=O)nn4)cs3)cc2)CC1. The van der Waals surface area contributed by atoms with Crippen molar-refractivity contribution in [3.05, 3.63) is 52.3 Å². The fraction of sp³-hybridized carbons (Fsp3) is 0.444. The van der Waals surface area contributed by atoms with Crippen LogP contribution in [0.5, 0.6) is 0 Å². The van der Waals surface area contributed by atoms with Crippen LogP contribution in [0.15, 0.2) is 41.9 Å². The first-order valence-electron chi connectivity index (χ1n) is 12.8. The summed E-state index contributed by atoms with van der Waals surface area (Å²) in [5, 5.41) is 15.5. The third-order valence-electron chi connectivity index (χ3n) is 7.37. The van der Waals surface area contributed by atoms with E-state index in [1.54, 1.807) is 13.3 Å². The van der Waals surface area contributed by atoms with Crippen molar-refractivity contribution in [2.24, 2.45) is 0 Å². The number of ether oxygens (including phenoxy) is 1. The molecule has 0 saturated carbocycles. The monoisotopic (exact) mass is 536 g/mol. The largest absolute Gasteiger partial charge is 0.378 e. The van der Waals surface area contributed by atoms with Gasteiger partial charge in [-0.05, 0) is 49.9 Å². The van der Waals surface area contributed by atoms with E-state index in [-0.39, 0.29) is 36.2 Å². The first kappa shape index (κ1) is 26.2. The Morgan fingerprint density at radius 2 is 2.00 bits per heavy atom. The highest BCUT2D eigenvalue weighted by atomic mass is 32.1. The highest BCUT2D eigenvalue weighted by Gasteiger charge is 2.30. The molecule has 0 bridgehead atoms. The number of rotatable bonds is 8. The summed E-state index contributed by atoms with van der Waals surface area (Å²) in [6, 6.07) is 9.39. The van der Waals surface area contributed by atoms with Crippen LogP contribution in [0.1, 0.15) is 49.1 Å². The van der Waals surface area contributed by atoms with Crippen LogP contribution in [-0.4, -0.2) is 63.4 Å². The Hall–Kier alpha value is -3.41. The van der Waals surface area contributed by atoms with Gasteiger partial charge in [-0.2, -0.15) is 0 Å². The van der Waals surface area contributed by atoms with E-state index in [0.717, 1.165) is 48.6 Å². The van der Waals surface area contributed by atoms with E-state index in [1.165, 1.54) is 21.6 Å². The minimum atomic E-state index is -0.546. The molecule has 1 unspecified atom stereocenters. The molecule has 2 aromatic heterocycles. The van der Waals surface area contributed by atoms with Gasteiger partial charge in [0.1, 0.15) is 11.7 Å². The highest BCUT2D eigenvalue weighted by molar-refractivity contribution is 7.10. The lowest BCUT2D eigenvalue weighted by Gasteiger charge is -2.38. The van der Waals surface area contributed by atoms with Crippen LogP contribution in [0, 0.1) is 0 Å². The molecular weight excluding hydrogens is 504 g/mol. The average Bonchev–Trinajstić information content (AvgIpc) is 3.57. The van der Waals surface area contributed by atoms with Gasteiger partial charge in [0.2, 0.25) is 11.8 Å². The average molecular weight is 537 g/mol. The van der Waals surface area contributed by atoms with Crippen molar-refractivity contribution in [1.29, 1.82) is 0 Å². The van der Waals surface area contributed by atoms with E-state index >= 15 is 0 Å². The maximum atomic E-state index is 12.7. The number of amides is 3. The van der Waals surface area contributed by atoms with E-state index in [1.807, 2.05) is 23.6 Å². The van der Waals surface area contributed by atoms with Crippen molar-refractivity contribution in [2.45, 2.75) is 57.2 Å². The number of methoxy groups -OCH3 is 1. The van der Waals surface area contributed by atoms with Gasteiger partial charge in [-0.25, -0.2) is 4.68 Å². The molecule has 11 heteroatoms. The van der Waals surface area contributed by atoms with Gasteiger partial charge in [0.15, 0.2) is 0 Å². The second-order valence-electron chi connectivity index (χ2n) is 10.2. The molecule has 4 heterocycles. The molecule has 0 spiro atoms. The number of piperidine rings is 2. The second-order valence-corrected chi connectivity index (χ2v) is 11.2. The molecule has 3 aromatic rings. The third-order valence-corrected chi connectivity index (χ3v) is 8.31. The number of nitrogens with one attached hydrogen (secondary N) is 2. The van der Waals surface area contributed by atoms with Gasteiger partial charge in [0.25, 0.3) is 5.91 Å². The van der Waals surface area contributed by atoms with Crippen LogP contribution in [-0.2, 0) is 32.1 Å². The summed E-state index contributed by atoms with van der Waals surface area (Å²) >= 11 is 1.48. The van der Waals surface area contributed by atoms with E-state index in [2.05, 4.69) is 44.9 Å². The highest BCUT2D eigenvalue weighted by Crippen LogP contribution is 2.27. The quantitative estimate of drug-likeness (QED) is 0.425. The van der Waals surface area contributed by atoms with E-state index < -0.39 is 6.04 Å².